The number of anilines is 1. The number of hydrogen-bond donors (Lipinski definition) is 1. The fraction of sp³-hybridized carbons (Fsp3) is 0.571. The number of nitrogens with one attached hydrogen (secondary N) is 1. The minimum atomic E-state index is -0.457. The van der Waals surface area contributed by atoms with Gasteiger partial charge in [-0.2, -0.15) is 0 Å². The second kappa shape index (κ2) is 6.75. The van der Waals surface area contributed by atoms with Crippen molar-refractivity contribution in [2.24, 2.45) is 5.92 Å². The van der Waals surface area contributed by atoms with E-state index in [1.54, 1.807) is 6.07 Å². The maximum Gasteiger partial charge on any atom is 0.288 e. The van der Waals surface area contributed by atoms with Crippen LogP contribution in [0.5, 0.6) is 0 Å². The number of hydrogen-bond acceptors (Lipinski definition) is 3. The zero-order valence-electron chi connectivity index (χ0n) is 11.9. The standard InChI is InChI=1S/C14H21ClN2O2/c1-5-9(2)6-11(4)16-13-8-12(15)14(17(18)19)7-10(13)3/h7-9,11,16H,5-6H2,1-4H3. The van der Waals surface area contributed by atoms with Gasteiger partial charge in [-0.3, -0.25) is 10.1 Å². The molecule has 0 heterocycles. The molecule has 4 nitrogen and oxygen atoms in total. The lowest BCUT2D eigenvalue weighted by atomic mass is 10.00. The van der Waals surface area contributed by atoms with Crippen LogP contribution in [-0.2, 0) is 0 Å². The van der Waals surface area contributed by atoms with Crippen molar-refractivity contribution < 1.29 is 4.92 Å². The Morgan fingerprint density at radius 1 is 1.42 bits per heavy atom. The molecule has 0 aliphatic rings. The van der Waals surface area contributed by atoms with Gasteiger partial charge in [0.05, 0.1) is 4.92 Å². The molecule has 0 bridgehead atoms. The topological polar surface area (TPSA) is 55.2 Å². The molecule has 1 N–H and O–H groups in total. The molecule has 2 unspecified atom stereocenters. The van der Waals surface area contributed by atoms with Crippen LogP contribution in [-0.4, -0.2) is 11.0 Å². The molecule has 0 aromatic heterocycles. The van der Waals surface area contributed by atoms with E-state index in [1.807, 2.05) is 6.92 Å². The number of halogens is 1. The molecule has 0 saturated heterocycles. The van der Waals surface area contributed by atoms with Crippen molar-refractivity contribution in [3.63, 3.8) is 0 Å². The van der Waals surface area contributed by atoms with E-state index >= 15 is 0 Å². The Balaban J connectivity index is 2.85. The number of rotatable bonds is 6. The van der Waals surface area contributed by atoms with Crippen LogP contribution >= 0.6 is 11.6 Å². The van der Waals surface area contributed by atoms with Crippen molar-refractivity contribution in [2.45, 2.75) is 46.6 Å². The Morgan fingerprint density at radius 3 is 2.58 bits per heavy atom. The van der Waals surface area contributed by atoms with Crippen molar-refractivity contribution in [2.75, 3.05) is 5.32 Å². The first-order chi connectivity index (χ1) is 8.85. The van der Waals surface area contributed by atoms with Gasteiger partial charge in [0.2, 0.25) is 0 Å². The van der Waals surface area contributed by atoms with E-state index in [1.165, 1.54) is 6.07 Å². The number of aryl methyl sites for hydroxylation is 1. The number of benzene rings is 1. The molecule has 0 saturated carbocycles. The Bertz CT molecular complexity index is 463. The average molecular weight is 285 g/mol. The first kappa shape index (κ1) is 15.8. The van der Waals surface area contributed by atoms with Gasteiger partial charge in [-0.25, -0.2) is 0 Å². The second-order valence-electron chi connectivity index (χ2n) is 5.17. The molecule has 19 heavy (non-hydrogen) atoms. The van der Waals surface area contributed by atoms with Crippen LogP contribution in [0.25, 0.3) is 0 Å². The van der Waals surface area contributed by atoms with Gasteiger partial charge in [-0.05, 0) is 37.8 Å². The monoisotopic (exact) mass is 284 g/mol. The van der Waals surface area contributed by atoms with Gasteiger partial charge < -0.3 is 5.32 Å². The fourth-order valence-electron chi connectivity index (χ4n) is 2.06. The van der Waals surface area contributed by atoms with E-state index < -0.39 is 4.92 Å². The van der Waals surface area contributed by atoms with Gasteiger partial charge in [-0.1, -0.05) is 31.9 Å². The highest BCUT2D eigenvalue weighted by Crippen LogP contribution is 2.31. The summed E-state index contributed by atoms with van der Waals surface area (Å²) in [7, 11) is 0. The zero-order valence-corrected chi connectivity index (χ0v) is 12.6. The maximum absolute atomic E-state index is 10.8. The molecule has 0 aliphatic heterocycles. The van der Waals surface area contributed by atoms with E-state index in [2.05, 4.69) is 26.1 Å². The van der Waals surface area contributed by atoms with Gasteiger partial charge in [-0.15, -0.1) is 0 Å². The first-order valence-corrected chi connectivity index (χ1v) is 6.94. The zero-order chi connectivity index (χ0) is 14.6. The summed E-state index contributed by atoms with van der Waals surface area (Å²) < 4.78 is 0. The van der Waals surface area contributed by atoms with Crippen LogP contribution in [0.2, 0.25) is 5.02 Å². The summed E-state index contributed by atoms with van der Waals surface area (Å²) in [5.41, 5.74) is 1.66. The highest BCUT2D eigenvalue weighted by Gasteiger charge is 2.16. The van der Waals surface area contributed by atoms with Crippen LogP contribution in [0.1, 0.15) is 39.2 Å². The average Bonchev–Trinajstić information content (AvgIpc) is 2.32. The molecule has 1 rings (SSSR count). The number of nitro groups is 1. The van der Waals surface area contributed by atoms with Crippen molar-refractivity contribution >= 4 is 23.0 Å². The van der Waals surface area contributed by atoms with Gasteiger partial charge in [0, 0.05) is 17.8 Å². The highest BCUT2D eigenvalue weighted by atomic mass is 35.5. The SMILES string of the molecule is CCC(C)CC(C)Nc1cc(Cl)c([N+](=O)[O-])cc1C. The predicted octanol–water partition coefficient (Wildman–Crippen LogP) is 4.79. The molecule has 0 radical (unpaired) electrons. The lowest BCUT2D eigenvalue weighted by molar-refractivity contribution is -0.384. The molecule has 5 heteroatoms. The van der Waals surface area contributed by atoms with E-state index in [-0.39, 0.29) is 10.7 Å². The summed E-state index contributed by atoms with van der Waals surface area (Å²) in [6.07, 6.45) is 2.20. The van der Waals surface area contributed by atoms with Crippen molar-refractivity contribution in [3.8, 4) is 0 Å². The van der Waals surface area contributed by atoms with Gasteiger partial charge in [0.15, 0.2) is 0 Å². The molecular formula is C14H21ClN2O2. The molecule has 1 aromatic carbocycles. The van der Waals surface area contributed by atoms with Crippen LogP contribution in [0, 0.1) is 23.0 Å². The lowest BCUT2D eigenvalue weighted by Crippen LogP contribution is -2.18. The molecule has 0 aliphatic carbocycles. The van der Waals surface area contributed by atoms with Crippen molar-refractivity contribution in [1.29, 1.82) is 0 Å². The Morgan fingerprint density at radius 2 is 2.05 bits per heavy atom. The minimum absolute atomic E-state index is 0.0423. The summed E-state index contributed by atoms with van der Waals surface area (Å²) >= 11 is 5.93. The largest absolute Gasteiger partial charge is 0.382 e. The van der Waals surface area contributed by atoms with Gasteiger partial charge in [0.25, 0.3) is 5.69 Å². The lowest BCUT2D eigenvalue weighted by Gasteiger charge is -2.20. The van der Waals surface area contributed by atoms with Crippen LogP contribution in [0.3, 0.4) is 0 Å². The quantitative estimate of drug-likeness (QED) is 0.603. The number of nitro benzene ring substituents is 1. The van der Waals surface area contributed by atoms with Gasteiger partial charge in [0.1, 0.15) is 5.02 Å². The third-order valence-corrected chi connectivity index (χ3v) is 3.65. The van der Waals surface area contributed by atoms with Crippen molar-refractivity contribution in [1.82, 2.24) is 0 Å². The molecule has 106 valence electrons. The van der Waals surface area contributed by atoms with E-state index in [0.717, 1.165) is 24.1 Å². The minimum Gasteiger partial charge on any atom is -0.382 e. The molecule has 0 amide bonds. The first-order valence-electron chi connectivity index (χ1n) is 6.56. The highest BCUT2D eigenvalue weighted by molar-refractivity contribution is 6.33. The number of nitrogens with zero attached hydrogens (tertiary/aromatic N) is 1. The maximum atomic E-state index is 10.8. The van der Waals surface area contributed by atoms with Crippen LogP contribution in [0.15, 0.2) is 12.1 Å². The second-order valence-corrected chi connectivity index (χ2v) is 5.58. The van der Waals surface area contributed by atoms with Crippen LogP contribution in [0.4, 0.5) is 11.4 Å². The van der Waals surface area contributed by atoms with E-state index in [4.69, 9.17) is 11.6 Å². The summed E-state index contributed by atoms with van der Waals surface area (Å²) in [5.74, 6) is 0.649. The van der Waals surface area contributed by atoms with Crippen molar-refractivity contribution in [3.05, 3.63) is 32.8 Å². The normalized spacial score (nSPS) is 13.9. The molecule has 1 aromatic rings. The summed E-state index contributed by atoms with van der Waals surface area (Å²) in [6.45, 7) is 8.35. The molecule has 2 atom stereocenters. The molecule has 0 spiro atoms. The Labute approximate surface area is 119 Å². The molecular weight excluding hydrogens is 264 g/mol. The van der Waals surface area contributed by atoms with Gasteiger partial charge >= 0.3 is 0 Å². The fourth-order valence-corrected chi connectivity index (χ4v) is 2.29. The molecule has 0 fully saturated rings. The third-order valence-electron chi connectivity index (χ3n) is 3.35. The van der Waals surface area contributed by atoms with E-state index in [9.17, 15) is 10.1 Å². The Kier molecular flexibility index (Phi) is 5.60. The van der Waals surface area contributed by atoms with Crippen LogP contribution < -0.4 is 5.32 Å². The summed E-state index contributed by atoms with van der Waals surface area (Å²) in [4.78, 5) is 10.3. The third kappa shape index (κ3) is 4.39. The summed E-state index contributed by atoms with van der Waals surface area (Å²) in [5, 5.41) is 14.3. The smallest absolute Gasteiger partial charge is 0.288 e. The summed E-state index contributed by atoms with van der Waals surface area (Å²) in [6, 6.07) is 3.47. The Hall–Kier alpha value is -1.29. The predicted molar refractivity (Wildman–Crippen MR) is 80.0 cm³/mol. The van der Waals surface area contributed by atoms with E-state index in [0.29, 0.717) is 12.0 Å².